The van der Waals surface area contributed by atoms with Crippen molar-refractivity contribution in [2.24, 2.45) is 7.05 Å². The molecule has 120 valence electrons. The number of fused-ring (bicyclic) bond motifs is 1. The summed E-state index contributed by atoms with van der Waals surface area (Å²) in [6.07, 6.45) is 1.50. The molecule has 0 spiro atoms. The lowest BCUT2D eigenvalue weighted by Crippen LogP contribution is -2.12. The molecule has 4 aromatic heterocycles. The van der Waals surface area contributed by atoms with E-state index in [4.69, 9.17) is 0 Å². The Morgan fingerprint density at radius 2 is 2.21 bits per heavy atom. The van der Waals surface area contributed by atoms with Crippen LogP contribution in [-0.2, 0) is 7.05 Å². The Bertz CT molecular complexity index is 1050. The fourth-order valence-electron chi connectivity index (χ4n) is 2.33. The highest BCUT2D eigenvalue weighted by atomic mass is 32.1. The number of carbonyl (C=O) groups excluding carboxylic acids is 1. The van der Waals surface area contributed by atoms with Gasteiger partial charge in [0.15, 0.2) is 11.5 Å². The van der Waals surface area contributed by atoms with Crippen LogP contribution in [0.3, 0.4) is 0 Å². The molecule has 0 fully saturated rings. The molecule has 0 saturated heterocycles. The van der Waals surface area contributed by atoms with Crippen LogP contribution in [0.1, 0.15) is 15.2 Å². The fourth-order valence-corrected chi connectivity index (χ4v) is 3.16. The number of nitrogens with one attached hydrogen (secondary N) is 2. The minimum absolute atomic E-state index is 0.296. The number of pyridine rings is 1. The van der Waals surface area contributed by atoms with Crippen molar-refractivity contribution >= 4 is 34.2 Å². The minimum Gasteiger partial charge on any atom is -0.305 e. The van der Waals surface area contributed by atoms with Gasteiger partial charge in [0, 0.05) is 24.2 Å². The lowest BCUT2D eigenvalue weighted by molar-refractivity contribution is 0.102. The third kappa shape index (κ3) is 2.54. The Morgan fingerprint density at radius 3 is 3.00 bits per heavy atom. The standard InChI is InChI=1S/C15H13N7OS/c1-8-3-4-12(24-8)10-6-13(20-18-10)17-15(23)9-5-11-14(16-7-9)22(2)21-19-11/h3-7H,1-2H3,(H2,17,18,20,23). The van der Waals surface area contributed by atoms with E-state index in [9.17, 15) is 4.79 Å². The van der Waals surface area contributed by atoms with Crippen LogP contribution in [0.5, 0.6) is 0 Å². The number of aromatic amines is 1. The number of anilines is 1. The molecule has 0 aliphatic heterocycles. The predicted molar refractivity (Wildman–Crippen MR) is 90.9 cm³/mol. The lowest BCUT2D eigenvalue weighted by Gasteiger charge is -2.01. The number of aromatic nitrogens is 6. The third-order valence-electron chi connectivity index (χ3n) is 3.53. The summed E-state index contributed by atoms with van der Waals surface area (Å²) in [5.74, 6) is 0.163. The van der Waals surface area contributed by atoms with Crippen LogP contribution in [0, 0.1) is 6.92 Å². The number of thiophene rings is 1. The maximum atomic E-state index is 12.4. The van der Waals surface area contributed by atoms with Crippen molar-refractivity contribution in [1.82, 2.24) is 30.2 Å². The molecule has 4 rings (SSSR count). The summed E-state index contributed by atoms with van der Waals surface area (Å²) in [7, 11) is 1.75. The van der Waals surface area contributed by atoms with Crippen LogP contribution in [0.2, 0.25) is 0 Å². The molecule has 0 unspecified atom stereocenters. The van der Waals surface area contributed by atoms with E-state index in [-0.39, 0.29) is 5.91 Å². The van der Waals surface area contributed by atoms with Gasteiger partial charge in [-0.2, -0.15) is 5.10 Å². The van der Waals surface area contributed by atoms with Crippen molar-refractivity contribution < 1.29 is 4.79 Å². The summed E-state index contributed by atoms with van der Waals surface area (Å²) in [6, 6.07) is 7.52. The van der Waals surface area contributed by atoms with E-state index in [1.807, 2.05) is 19.1 Å². The molecule has 4 aromatic rings. The van der Waals surface area contributed by atoms with E-state index < -0.39 is 0 Å². The molecule has 0 saturated carbocycles. The summed E-state index contributed by atoms with van der Waals surface area (Å²) < 4.78 is 1.56. The van der Waals surface area contributed by atoms with Gasteiger partial charge < -0.3 is 5.32 Å². The van der Waals surface area contributed by atoms with E-state index in [2.05, 4.69) is 30.8 Å². The number of hydrogen-bond donors (Lipinski definition) is 2. The third-order valence-corrected chi connectivity index (χ3v) is 4.56. The van der Waals surface area contributed by atoms with Gasteiger partial charge >= 0.3 is 0 Å². The van der Waals surface area contributed by atoms with Gasteiger partial charge in [-0.1, -0.05) is 5.21 Å². The van der Waals surface area contributed by atoms with Gasteiger partial charge in [-0.25, -0.2) is 9.67 Å². The van der Waals surface area contributed by atoms with Crippen LogP contribution >= 0.6 is 11.3 Å². The second-order valence-corrected chi connectivity index (χ2v) is 6.60. The Hall–Kier alpha value is -3.07. The normalized spacial score (nSPS) is 11.1. The second kappa shape index (κ2) is 5.53. The lowest BCUT2D eigenvalue weighted by atomic mass is 10.2. The Morgan fingerprint density at radius 1 is 1.33 bits per heavy atom. The average molecular weight is 339 g/mol. The van der Waals surface area contributed by atoms with Crippen LogP contribution < -0.4 is 5.32 Å². The molecule has 8 nitrogen and oxygen atoms in total. The summed E-state index contributed by atoms with van der Waals surface area (Å²) in [5.41, 5.74) is 2.47. The van der Waals surface area contributed by atoms with Gasteiger partial charge in [-0.15, -0.1) is 16.4 Å². The Kier molecular flexibility index (Phi) is 3.35. The van der Waals surface area contributed by atoms with Gasteiger partial charge in [0.1, 0.15) is 5.52 Å². The first-order valence-electron chi connectivity index (χ1n) is 7.19. The van der Waals surface area contributed by atoms with Crippen LogP contribution in [0.4, 0.5) is 5.82 Å². The van der Waals surface area contributed by atoms with Crippen molar-refractivity contribution in [3.63, 3.8) is 0 Å². The molecular weight excluding hydrogens is 326 g/mol. The number of rotatable bonds is 3. The van der Waals surface area contributed by atoms with Crippen molar-refractivity contribution in [3.8, 4) is 10.6 Å². The molecule has 0 atom stereocenters. The molecular formula is C15H13N7OS. The van der Waals surface area contributed by atoms with E-state index in [1.54, 1.807) is 35.2 Å². The number of carbonyl (C=O) groups is 1. The molecule has 1 amide bonds. The molecule has 0 aliphatic rings. The summed E-state index contributed by atoms with van der Waals surface area (Å²) >= 11 is 1.66. The van der Waals surface area contributed by atoms with Crippen LogP contribution in [-0.4, -0.2) is 36.1 Å². The number of aryl methyl sites for hydroxylation is 2. The number of hydrogen-bond acceptors (Lipinski definition) is 6. The van der Waals surface area contributed by atoms with Gasteiger partial charge in [0.2, 0.25) is 0 Å². The molecule has 0 radical (unpaired) electrons. The zero-order chi connectivity index (χ0) is 16.7. The molecule has 0 aromatic carbocycles. The minimum atomic E-state index is -0.296. The maximum absolute atomic E-state index is 12.4. The zero-order valence-electron chi connectivity index (χ0n) is 12.9. The monoisotopic (exact) mass is 339 g/mol. The van der Waals surface area contributed by atoms with E-state index >= 15 is 0 Å². The zero-order valence-corrected chi connectivity index (χ0v) is 13.8. The van der Waals surface area contributed by atoms with Gasteiger partial charge in [-0.05, 0) is 25.1 Å². The molecule has 9 heteroatoms. The summed E-state index contributed by atoms with van der Waals surface area (Å²) in [5, 5.41) is 17.7. The first-order chi connectivity index (χ1) is 11.6. The number of H-pyrrole nitrogens is 1. The van der Waals surface area contributed by atoms with E-state index in [0.717, 1.165) is 10.6 Å². The largest absolute Gasteiger partial charge is 0.305 e. The number of amides is 1. The van der Waals surface area contributed by atoms with Crippen molar-refractivity contribution in [3.05, 3.63) is 40.9 Å². The Labute approximate surface area is 140 Å². The van der Waals surface area contributed by atoms with E-state index in [0.29, 0.717) is 22.5 Å². The fraction of sp³-hybridized carbons (Fsp3) is 0.133. The van der Waals surface area contributed by atoms with Crippen LogP contribution in [0.25, 0.3) is 21.7 Å². The topological polar surface area (TPSA) is 101 Å². The van der Waals surface area contributed by atoms with Crippen molar-refractivity contribution in [2.75, 3.05) is 5.32 Å². The number of nitrogens with zero attached hydrogens (tertiary/aromatic N) is 5. The van der Waals surface area contributed by atoms with Gasteiger partial charge in [0.25, 0.3) is 5.91 Å². The van der Waals surface area contributed by atoms with Crippen LogP contribution in [0.15, 0.2) is 30.5 Å². The van der Waals surface area contributed by atoms with Crippen molar-refractivity contribution in [2.45, 2.75) is 6.92 Å². The predicted octanol–water partition coefficient (Wildman–Crippen LogP) is 2.38. The molecule has 0 bridgehead atoms. The molecule has 4 heterocycles. The second-order valence-electron chi connectivity index (χ2n) is 5.31. The van der Waals surface area contributed by atoms with Gasteiger partial charge in [-0.3, -0.25) is 9.89 Å². The highest BCUT2D eigenvalue weighted by Gasteiger charge is 2.13. The summed E-state index contributed by atoms with van der Waals surface area (Å²) in [4.78, 5) is 18.9. The molecule has 2 N–H and O–H groups in total. The van der Waals surface area contributed by atoms with Gasteiger partial charge in [0.05, 0.1) is 16.1 Å². The quantitative estimate of drug-likeness (QED) is 0.597. The van der Waals surface area contributed by atoms with E-state index in [1.165, 1.54) is 11.1 Å². The smallest absolute Gasteiger partial charge is 0.258 e. The molecule has 0 aliphatic carbocycles. The average Bonchev–Trinajstić information content (AvgIpc) is 3.28. The first-order valence-corrected chi connectivity index (χ1v) is 8.01. The van der Waals surface area contributed by atoms with Crippen molar-refractivity contribution in [1.29, 1.82) is 0 Å². The SMILES string of the molecule is Cc1ccc(-c2cc(NC(=O)c3cnc4c(c3)nnn4C)n[nH]2)s1. The highest BCUT2D eigenvalue weighted by Crippen LogP contribution is 2.27. The molecule has 24 heavy (non-hydrogen) atoms. The summed E-state index contributed by atoms with van der Waals surface area (Å²) in [6.45, 7) is 2.04. The Balaban J connectivity index is 1.55. The maximum Gasteiger partial charge on any atom is 0.258 e. The first kappa shape index (κ1) is 14.5. The highest BCUT2D eigenvalue weighted by molar-refractivity contribution is 7.15.